The number of rotatable bonds is 2. The Kier molecular flexibility index (Phi) is 4.09. The fraction of sp³-hybridized carbons (Fsp3) is 0.733. The molecule has 1 aromatic rings. The van der Waals surface area contributed by atoms with E-state index in [4.69, 9.17) is 5.73 Å². The van der Waals surface area contributed by atoms with Crippen LogP contribution in [-0.4, -0.2) is 29.3 Å². The maximum absolute atomic E-state index is 5.96. The van der Waals surface area contributed by atoms with Crippen LogP contribution in [0.3, 0.4) is 0 Å². The van der Waals surface area contributed by atoms with Crippen molar-refractivity contribution in [3.05, 3.63) is 17.8 Å². The molecular formula is C15H26N4. The van der Waals surface area contributed by atoms with Gasteiger partial charge in [-0.15, -0.1) is 5.10 Å². The Labute approximate surface area is 116 Å². The molecule has 4 nitrogen and oxygen atoms in total. The molecule has 0 unspecified atom stereocenters. The van der Waals surface area contributed by atoms with E-state index in [0.717, 1.165) is 37.2 Å². The predicted octanol–water partition coefficient (Wildman–Crippen LogP) is 2.48. The van der Waals surface area contributed by atoms with Crippen molar-refractivity contribution in [1.82, 2.24) is 10.2 Å². The molecule has 0 aromatic carbocycles. The van der Waals surface area contributed by atoms with Crippen molar-refractivity contribution < 1.29 is 0 Å². The molecule has 1 aliphatic carbocycles. The third-order valence-corrected chi connectivity index (χ3v) is 4.07. The lowest BCUT2D eigenvalue weighted by Gasteiger charge is -2.34. The highest BCUT2D eigenvalue weighted by molar-refractivity contribution is 5.38. The maximum Gasteiger partial charge on any atom is 0.151 e. The van der Waals surface area contributed by atoms with Gasteiger partial charge in [0, 0.05) is 24.5 Å². The molecule has 0 aliphatic heterocycles. The zero-order valence-corrected chi connectivity index (χ0v) is 12.6. The van der Waals surface area contributed by atoms with Crippen molar-refractivity contribution in [2.75, 3.05) is 11.9 Å². The minimum atomic E-state index is 0.0573. The second kappa shape index (κ2) is 5.45. The van der Waals surface area contributed by atoms with Crippen LogP contribution in [0.4, 0.5) is 5.82 Å². The molecule has 0 atom stereocenters. The molecular weight excluding hydrogens is 236 g/mol. The summed E-state index contributed by atoms with van der Waals surface area (Å²) in [4.78, 5) is 2.26. The summed E-state index contributed by atoms with van der Waals surface area (Å²) in [5.74, 6) is 0.966. The maximum atomic E-state index is 5.96. The number of nitrogens with zero attached hydrogens (tertiary/aromatic N) is 3. The third kappa shape index (κ3) is 3.44. The molecule has 1 heterocycles. The summed E-state index contributed by atoms with van der Waals surface area (Å²) in [5.41, 5.74) is 7.05. The van der Waals surface area contributed by atoms with E-state index >= 15 is 0 Å². The van der Waals surface area contributed by atoms with E-state index in [1.165, 1.54) is 0 Å². The summed E-state index contributed by atoms with van der Waals surface area (Å²) in [6.07, 6.45) is 4.53. The summed E-state index contributed by atoms with van der Waals surface area (Å²) in [6, 6.07) is 5.11. The molecule has 2 N–H and O–H groups in total. The van der Waals surface area contributed by atoms with Gasteiger partial charge in [0.05, 0.1) is 5.69 Å². The van der Waals surface area contributed by atoms with Crippen LogP contribution in [0.15, 0.2) is 12.1 Å². The second-order valence-corrected chi connectivity index (χ2v) is 6.71. The Balaban J connectivity index is 2.05. The lowest BCUT2D eigenvalue weighted by molar-refractivity contribution is 0.383. The van der Waals surface area contributed by atoms with Crippen LogP contribution in [0.25, 0.3) is 0 Å². The third-order valence-electron chi connectivity index (χ3n) is 4.07. The highest BCUT2D eigenvalue weighted by atomic mass is 15.3. The van der Waals surface area contributed by atoms with E-state index in [1.54, 1.807) is 0 Å². The molecule has 1 aromatic heterocycles. The average molecular weight is 262 g/mol. The Morgan fingerprint density at radius 2 is 1.74 bits per heavy atom. The zero-order valence-electron chi connectivity index (χ0n) is 12.6. The molecule has 1 fully saturated rings. The number of anilines is 1. The van der Waals surface area contributed by atoms with Gasteiger partial charge in [0.25, 0.3) is 0 Å². The van der Waals surface area contributed by atoms with Crippen molar-refractivity contribution in [3.63, 3.8) is 0 Å². The quantitative estimate of drug-likeness (QED) is 0.889. The normalized spacial score (nSPS) is 24.3. The van der Waals surface area contributed by atoms with Gasteiger partial charge in [-0.25, -0.2) is 0 Å². The van der Waals surface area contributed by atoms with E-state index in [2.05, 4.69) is 55.0 Å². The van der Waals surface area contributed by atoms with Crippen LogP contribution in [0.1, 0.15) is 52.1 Å². The molecule has 1 saturated carbocycles. The number of nitrogens with two attached hydrogens (primary N) is 1. The van der Waals surface area contributed by atoms with Gasteiger partial charge >= 0.3 is 0 Å². The predicted molar refractivity (Wildman–Crippen MR) is 79.4 cm³/mol. The molecule has 0 bridgehead atoms. The van der Waals surface area contributed by atoms with Crippen LogP contribution in [0.5, 0.6) is 0 Å². The van der Waals surface area contributed by atoms with Crippen LogP contribution < -0.4 is 10.6 Å². The van der Waals surface area contributed by atoms with E-state index in [-0.39, 0.29) is 5.41 Å². The standard InChI is InChI=1S/C15H26N4/c1-15(2,3)13-9-10-14(18-17-13)19(4)12-7-5-11(16)6-8-12/h9-12H,5-8,16H2,1-4H3. The molecule has 4 heteroatoms. The number of hydrogen-bond acceptors (Lipinski definition) is 4. The molecule has 0 spiro atoms. The molecule has 0 saturated heterocycles. The summed E-state index contributed by atoms with van der Waals surface area (Å²) in [6.45, 7) is 6.47. The first-order valence-corrected chi connectivity index (χ1v) is 7.20. The zero-order chi connectivity index (χ0) is 14.0. The number of aromatic nitrogens is 2. The van der Waals surface area contributed by atoms with Crippen molar-refractivity contribution in [2.24, 2.45) is 5.73 Å². The van der Waals surface area contributed by atoms with Crippen molar-refractivity contribution in [3.8, 4) is 0 Å². The smallest absolute Gasteiger partial charge is 0.151 e. The largest absolute Gasteiger partial charge is 0.355 e. The lowest BCUT2D eigenvalue weighted by Crippen LogP contribution is -2.39. The first-order valence-electron chi connectivity index (χ1n) is 7.20. The average Bonchev–Trinajstić information content (AvgIpc) is 2.38. The Hall–Kier alpha value is -1.16. The molecule has 0 radical (unpaired) electrons. The van der Waals surface area contributed by atoms with Gasteiger partial charge in [0.15, 0.2) is 5.82 Å². The van der Waals surface area contributed by atoms with E-state index < -0.39 is 0 Å². The van der Waals surface area contributed by atoms with Gasteiger partial charge < -0.3 is 10.6 Å². The van der Waals surface area contributed by atoms with Gasteiger partial charge in [0.2, 0.25) is 0 Å². The van der Waals surface area contributed by atoms with E-state index in [0.29, 0.717) is 12.1 Å². The molecule has 0 amide bonds. The summed E-state index contributed by atoms with van der Waals surface area (Å²) in [7, 11) is 2.11. The number of hydrogen-bond donors (Lipinski definition) is 1. The first-order chi connectivity index (χ1) is 8.88. The summed E-state index contributed by atoms with van der Waals surface area (Å²) >= 11 is 0. The Morgan fingerprint density at radius 3 is 2.21 bits per heavy atom. The van der Waals surface area contributed by atoms with Crippen LogP contribution in [-0.2, 0) is 5.41 Å². The van der Waals surface area contributed by atoms with Crippen LogP contribution in [0, 0.1) is 0 Å². The molecule has 19 heavy (non-hydrogen) atoms. The first kappa shape index (κ1) is 14.3. The van der Waals surface area contributed by atoms with Gasteiger partial charge in [0.1, 0.15) is 0 Å². The second-order valence-electron chi connectivity index (χ2n) is 6.71. The Bertz CT molecular complexity index is 399. The monoisotopic (exact) mass is 262 g/mol. The fourth-order valence-electron chi connectivity index (χ4n) is 2.59. The van der Waals surface area contributed by atoms with Gasteiger partial charge in [-0.2, -0.15) is 5.10 Å². The van der Waals surface area contributed by atoms with Gasteiger partial charge in [-0.1, -0.05) is 20.8 Å². The van der Waals surface area contributed by atoms with E-state index in [1.807, 2.05) is 0 Å². The minimum absolute atomic E-state index is 0.0573. The van der Waals surface area contributed by atoms with Crippen molar-refractivity contribution >= 4 is 5.82 Å². The highest BCUT2D eigenvalue weighted by Crippen LogP contribution is 2.25. The summed E-state index contributed by atoms with van der Waals surface area (Å²) < 4.78 is 0. The van der Waals surface area contributed by atoms with Crippen molar-refractivity contribution in [1.29, 1.82) is 0 Å². The SMILES string of the molecule is CN(c1ccc(C(C)(C)C)nn1)C1CCC(N)CC1. The van der Waals surface area contributed by atoms with Crippen molar-refractivity contribution in [2.45, 2.75) is 64.0 Å². The minimum Gasteiger partial charge on any atom is -0.355 e. The molecule has 106 valence electrons. The van der Waals surface area contributed by atoms with Crippen LogP contribution >= 0.6 is 0 Å². The van der Waals surface area contributed by atoms with Crippen LogP contribution in [0.2, 0.25) is 0 Å². The van der Waals surface area contributed by atoms with Gasteiger partial charge in [-0.3, -0.25) is 0 Å². The van der Waals surface area contributed by atoms with E-state index in [9.17, 15) is 0 Å². The molecule has 1 aliphatic rings. The molecule has 2 rings (SSSR count). The highest BCUT2D eigenvalue weighted by Gasteiger charge is 2.23. The lowest BCUT2D eigenvalue weighted by atomic mass is 9.90. The summed E-state index contributed by atoms with van der Waals surface area (Å²) in [5, 5.41) is 8.75. The van der Waals surface area contributed by atoms with Gasteiger partial charge in [-0.05, 0) is 37.8 Å². The Morgan fingerprint density at radius 1 is 1.11 bits per heavy atom. The fourth-order valence-corrected chi connectivity index (χ4v) is 2.59. The topological polar surface area (TPSA) is 55.0 Å².